The summed E-state index contributed by atoms with van der Waals surface area (Å²) in [6.45, 7) is 6.50. The van der Waals surface area contributed by atoms with Gasteiger partial charge < -0.3 is 4.74 Å². The average Bonchev–Trinajstić information content (AvgIpc) is 2.49. The highest BCUT2D eigenvalue weighted by molar-refractivity contribution is 5.65. The van der Waals surface area contributed by atoms with E-state index in [1.807, 2.05) is 6.20 Å². The molecule has 1 aromatic heterocycles. The Morgan fingerprint density at radius 2 is 1.95 bits per heavy atom. The number of pyridine rings is 1. The van der Waals surface area contributed by atoms with Crippen molar-refractivity contribution in [1.29, 1.82) is 0 Å². The summed E-state index contributed by atoms with van der Waals surface area (Å²) in [5.74, 6) is 0.953. The predicted octanol–water partition coefficient (Wildman–Crippen LogP) is 4.58. The molecule has 2 nitrogen and oxygen atoms in total. The van der Waals surface area contributed by atoms with Crippen molar-refractivity contribution in [3.63, 3.8) is 0 Å². The molecule has 0 atom stereocenters. The first kappa shape index (κ1) is 14.6. The van der Waals surface area contributed by atoms with Crippen molar-refractivity contribution in [2.45, 2.75) is 40.0 Å². The van der Waals surface area contributed by atoms with Gasteiger partial charge in [0.15, 0.2) is 0 Å². The fourth-order valence-electron chi connectivity index (χ4n) is 2.49. The van der Waals surface area contributed by atoms with E-state index in [4.69, 9.17) is 4.74 Å². The Hall–Kier alpha value is -1.83. The Labute approximate surface area is 121 Å². The van der Waals surface area contributed by atoms with Crippen molar-refractivity contribution < 1.29 is 4.74 Å². The van der Waals surface area contributed by atoms with Crippen LogP contribution in [0.25, 0.3) is 11.3 Å². The highest BCUT2D eigenvalue weighted by atomic mass is 16.5. The van der Waals surface area contributed by atoms with Crippen LogP contribution in [0.15, 0.2) is 30.5 Å². The maximum Gasteiger partial charge on any atom is 0.122 e. The average molecular weight is 269 g/mol. The van der Waals surface area contributed by atoms with E-state index in [1.54, 1.807) is 7.11 Å². The molecule has 0 unspecified atom stereocenters. The van der Waals surface area contributed by atoms with Gasteiger partial charge in [0, 0.05) is 11.8 Å². The minimum atomic E-state index is 0.953. The molecule has 2 heteroatoms. The van der Waals surface area contributed by atoms with E-state index in [2.05, 4.69) is 50.0 Å². The lowest BCUT2D eigenvalue weighted by atomic mass is 9.98. The molecule has 1 aromatic carbocycles. The molecule has 0 radical (unpaired) electrons. The van der Waals surface area contributed by atoms with E-state index >= 15 is 0 Å². The largest absolute Gasteiger partial charge is 0.496 e. The number of ether oxygens (including phenoxy) is 1. The van der Waals surface area contributed by atoms with Crippen LogP contribution in [0.5, 0.6) is 5.75 Å². The Morgan fingerprint density at radius 1 is 1.15 bits per heavy atom. The number of hydrogen-bond donors (Lipinski definition) is 0. The van der Waals surface area contributed by atoms with E-state index in [-0.39, 0.29) is 0 Å². The van der Waals surface area contributed by atoms with Crippen LogP contribution in [-0.4, -0.2) is 12.1 Å². The Kier molecular flexibility index (Phi) is 4.78. The second-order valence-corrected chi connectivity index (χ2v) is 5.12. The number of benzene rings is 1. The molecule has 20 heavy (non-hydrogen) atoms. The highest BCUT2D eigenvalue weighted by Gasteiger charge is 2.09. The van der Waals surface area contributed by atoms with Crippen LogP contribution >= 0.6 is 0 Å². The number of aromatic nitrogens is 1. The van der Waals surface area contributed by atoms with Crippen LogP contribution in [0.2, 0.25) is 0 Å². The maximum atomic E-state index is 5.52. The van der Waals surface area contributed by atoms with Crippen LogP contribution in [-0.2, 0) is 12.8 Å². The molecule has 0 amide bonds. The number of nitrogens with zero attached hydrogens (tertiary/aromatic N) is 1. The minimum absolute atomic E-state index is 0.953. The molecule has 0 spiro atoms. The Balaban J connectivity index is 2.52. The zero-order chi connectivity index (χ0) is 14.5. The first-order chi connectivity index (χ1) is 9.69. The van der Waals surface area contributed by atoms with Crippen molar-refractivity contribution in [2.24, 2.45) is 0 Å². The summed E-state index contributed by atoms with van der Waals surface area (Å²) in [5.41, 5.74) is 6.08. The molecule has 1 heterocycles. The number of hydrogen-bond acceptors (Lipinski definition) is 2. The molecule has 2 rings (SSSR count). The van der Waals surface area contributed by atoms with Crippen molar-refractivity contribution in [3.8, 4) is 17.0 Å². The monoisotopic (exact) mass is 269 g/mol. The Bertz CT molecular complexity index is 590. The lowest BCUT2D eigenvalue weighted by Crippen LogP contribution is -1.96. The molecule has 0 bridgehead atoms. The standard InChI is InChI=1S/C18H23NO/c1-5-7-15-11-16(12-18(20-4)13(15)3)17-10-14(6-2)8-9-19-17/h8-12H,5-7H2,1-4H3. The quantitative estimate of drug-likeness (QED) is 0.792. The van der Waals surface area contributed by atoms with Crippen molar-refractivity contribution in [1.82, 2.24) is 4.98 Å². The summed E-state index contributed by atoms with van der Waals surface area (Å²) in [7, 11) is 1.73. The van der Waals surface area contributed by atoms with E-state index in [0.29, 0.717) is 0 Å². The molecule has 0 N–H and O–H groups in total. The third kappa shape index (κ3) is 3.01. The van der Waals surface area contributed by atoms with Crippen LogP contribution in [0.1, 0.15) is 37.0 Å². The second kappa shape index (κ2) is 6.56. The van der Waals surface area contributed by atoms with Gasteiger partial charge in [-0.2, -0.15) is 0 Å². The van der Waals surface area contributed by atoms with Gasteiger partial charge in [0.1, 0.15) is 5.75 Å². The smallest absolute Gasteiger partial charge is 0.122 e. The van der Waals surface area contributed by atoms with Crippen LogP contribution in [0.3, 0.4) is 0 Å². The molecular formula is C18H23NO. The maximum absolute atomic E-state index is 5.52. The van der Waals surface area contributed by atoms with E-state index in [0.717, 1.165) is 36.3 Å². The molecule has 0 saturated heterocycles. The summed E-state index contributed by atoms with van der Waals surface area (Å²) >= 11 is 0. The van der Waals surface area contributed by atoms with Gasteiger partial charge in [-0.1, -0.05) is 20.3 Å². The van der Waals surface area contributed by atoms with Gasteiger partial charge >= 0.3 is 0 Å². The zero-order valence-corrected chi connectivity index (χ0v) is 12.9. The van der Waals surface area contributed by atoms with Crippen molar-refractivity contribution >= 4 is 0 Å². The van der Waals surface area contributed by atoms with E-state index < -0.39 is 0 Å². The fraction of sp³-hybridized carbons (Fsp3) is 0.389. The van der Waals surface area contributed by atoms with Crippen LogP contribution < -0.4 is 4.74 Å². The van der Waals surface area contributed by atoms with Crippen molar-refractivity contribution in [3.05, 3.63) is 47.2 Å². The van der Waals surface area contributed by atoms with Gasteiger partial charge in [-0.3, -0.25) is 4.98 Å². The highest BCUT2D eigenvalue weighted by Crippen LogP contribution is 2.30. The molecule has 0 aliphatic carbocycles. The first-order valence-electron chi connectivity index (χ1n) is 7.32. The van der Waals surface area contributed by atoms with E-state index in [1.165, 1.54) is 16.7 Å². The third-order valence-electron chi connectivity index (χ3n) is 3.74. The van der Waals surface area contributed by atoms with Gasteiger partial charge in [0.05, 0.1) is 12.8 Å². The van der Waals surface area contributed by atoms with Crippen molar-refractivity contribution in [2.75, 3.05) is 7.11 Å². The molecule has 0 aliphatic heterocycles. The third-order valence-corrected chi connectivity index (χ3v) is 3.74. The molecule has 0 fully saturated rings. The van der Waals surface area contributed by atoms with Gasteiger partial charge in [-0.25, -0.2) is 0 Å². The molecule has 0 saturated carbocycles. The summed E-state index contributed by atoms with van der Waals surface area (Å²) in [6.07, 6.45) is 5.12. The molecule has 0 aliphatic rings. The lowest BCUT2D eigenvalue weighted by Gasteiger charge is -2.13. The van der Waals surface area contributed by atoms with Gasteiger partial charge in [0.2, 0.25) is 0 Å². The zero-order valence-electron chi connectivity index (χ0n) is 12.9. The van der Waals surface area contributed by atoms with E-state index in [9.17, 15) is 0 Å². The summed E-state index contributed by atoms with van der Waals surface area (Å²) < 4.78 is 5.52. The van der Waals surface area contributed by atoms with Crippen LogP contribution in [0, 0.1) is 6.92 Å². The topological polar surface area (TPSA) is 22.1 Å². The normalized spacial score (nSPS) is 10.6. The second-order valence-electron chi connectivity index (χ2n) is 5.12. The Morgan fingerprint density at radius 3 is 2.60 bits per heavy atom. The van der Waals surface area contributed by atoms with Gasteiger partial charge in [-0.05, 0) is 60.7 Å². The first-order valence-corrected chi connectivity index (χ1v) is 7.32. The summed E-state index contributed by atoms with van der Waals surface area (Å²) in [4.78, 5) is 4.51. The molecule has 106 valence electrons. The number of aryl methyl sites for hydroxylation is 2. The number of methoxy groups -OCH3 is 1. The van der Waals surface area contributed by atoms with Gasteiger partial charge in [0.25, 0.3) is 0 Å². The SMILES string of the molecule is CCCc1cc(-c2cc(CC)ccn2)cc(OC)c1C. The lowest BCUT2D eigenvalue weighted by molar-refractivity contribution is 0.411. The molecule has 2 aromatic rings. The van der Waals surface area contributed by atoms with Crippen LogP contribution in [0.4, 0.5) is 0 Å². The van der Waals surface area contributed by atoms with Gasteiger partial charge in [-0.15, -0.1) is 0 Å². The molecular weight excluding hydrogens is 246 g/mol. The summed E-state index contributed by atoms with van der Waals surface area (Å²) in [6, 6.07) is 8.58. The fourth-order valence-corrected chi connectivity index (χ4v) is 2.49. The minimum Gasteiger partial charge on any atom is -0.496 e. The number of rotatable bonds is 5. The summed E-state index contributed by atoms with van der Waals surface area (Å²) in [5, 5.41) is 0. The predicted molar refractivity (Wildman–Crippen MR) is 84.3 cm³/mol.